The fourth-order valence-electron chi connectivity index (χ4n) is 5.22. The Kier molecular flexibility index (Phi) is 9.20. The van der Waals surface area contributed by atoms with Crippen LogP contribution in [0.25, 0.3) is 5.69 Å². The molecule has 1 aliphatic carbocycles. The van der Waals surface area contributed by atoms with Crippen molar-refractivity contribution in [1.29, 1.82) is 0 Å². The summed E-state index contributed by atoms with van der Waals surface area (Å²) in [5.41, 5.74) is 2.56. The number of piperazine rings is 1. The van der Waals surface area contributed by atoms with E-state index in [1.54, 1.807) is 13.2 Å². The van der Waals surface area contributed by atoms with Crippen LogP contribution in [0.2, 0.25) is 0 Å². The van der Waals surface area contributed by atoms with Crippen molar-refractivity contribution in [2.24, 2.45) is 0 Å². The number of anilines is 1. The minimum absolute atomic E-state index is 0.0276. The molecule has 0 bridgehead atoms. The summed E-state index contributed by atoms with van der Waals surface area (Å²) in [6.45, 7) is 7.20. The molecule has 0 atom stereocenters. The summed E-state index contributed by atoms with van der Waals surface area (Å²) in [4.78, 5) is 20.0. The Hall–Kier alpha value is -2.65. The minimum atomic E-state index is -0.292. The number of aromatic nitrogens is 2. The van der Waals surface area contributed by atoms with E-state index in [2.05, 4.69) is 22.2 Å². The van der Waals surface area contributed by atoms with Gasteiger partial charge in [-0.1, -0.05) is 25.3 Å². The van der Waals surface area contributed by atoms with E-state index in [0.717, 1.165) is 62.5 Å². The van der Waals surface area contributed by atoms with E-state index in [-0.39, 0.29) is 17.9 Å². The van der Waals surface area contributed by atoms with Crippen molar-refractivity contribution < 1.29 is 13.9 Å². The lowest BCUT2D eigenvalue weighted by Gasteiger charge is -2.35. The molecule has 1 aromatic carbocycles. The van der Waals surface area contributed by atoms with Crippen LogP contribution in [0.5, 0.6) is 0 Å². The maximum atomic E-state index is 14.2. The highest BCUT2D eigenvalue weighted by Gasteiger charge is 2.28. The fraction of sp³-hybridized carbons (Fsp3) is 0.630. The van der Waals surface area contributed by atoms with Crippen molar-refractivity contribution >= 4 is 11.8 Å². The number of rotatable bonds is 9. The van der Waals surface area contributed by atoms with E-state index in [1.807, 2.05) is 22.6 Å². The van der Waals surface area contributed by atoms with E-state index in [0.29, 0.717) is 25.4 Å². The lowest BCUT2D eigenvalue weighted by molar-refractivity contribution is 0.162. The van der Waals surface area contributed by atoms with Crippen LogP contribution in [0.1, 0.15) is 49.8 Å². The van der Waals surface area contributed by atoms with Gasteiger partial charge in [-0.3, -0.25) is 0 Å². The monoisotopic (exact) mass is 500 g/mol. The minimum Gasteiger partial charge on any atom is -0.385 e. The second kappa shape index (κ2) is 12.5. The molecular weight excluding hydrogens is 459 g/mol. The Balaban J connectivity index is 1.65. The average Bonchev–Trinajstić information content (AvgIpc) is 3.20. The Labute approximate surface area is 214 Å². The molecule has 1 aromatic heterocycles. The number of carbonyl (C=O) groups is 1. The first-order valence-corrected chi connectivity index (χ1v) is 13.3. The number of methoxy groups -OCH3 is 1. The van der Waals surface area contributed by atoms with Gasteiger partial charge in [0.05, 0.1) is 17.9 Å². The maximum Gasteiger partial charge on any atom is 0.317 e. The number of ether oxygens (including phenoxy) is 1. The number of hydrogen-bond donors (Lipinski definition) is 1. The molecule has 0 spiro atoms. The van der Waals surface area contributed by atoms with E-state index >= 15 is 0 Å². The highest BCUT2D eigenvalue weighted by molar-refractivity contribution is 5.75. The van der Waals surface area contributed by atoms with Gasteiger partial charge in [-0.2, -0.15) is 5.10 Å². The van der Waals surface area contributed by atoms with Crippen molar-refractivity contribution in [3.05, 3.63) is 41.3 Å². The second-order valence-electron chi connectivity index (χ2n) is 10.1. The number of carbonyl (C=O) groups excluding carboxylic acids is 1. The van der Waals surface area contributed by atoms with Gasteiger partial charge >= 0.3 is 6.03 Å². The van der Waals surface area contributed by atoms with Crippen molar-refractivity contribution in [3.8, 4) is 5.69 Å². The molecule has 2 heterocycles. The standard InChI is InChI=1S/C27H41FN6O2/c1-21-25(20-33(13-8-18-36-3)27(35)29-23-10-5-4-6-11-23)26(32-16-14-31(2)15-17-32)34(30-21)24-12-7-9-22(28)19-24/h7,9,12,19,23H,4-6,8,10-11,13-18,20H2,1-3H3,(H,29,35). The zero-order valence-corrected chi connectivity index (χ0v) is 22.0. The van der Waals surface area contributed by atoms with Gasteiger partial charge in [0.2, 0.25) is 0 Å². The van der Waals surface area contributed by atoms with Crippen LogP contribution in [0.3, 0.4) is 0 Å². The number of nitrogens with one attached hydrogen (secondary N) is 1. The lowest BCUT2D eigenvalue weighted by Crippen LogP contribution is -2.47. The molecule has 36 heavy (non-hydrogen) atoms. The largest absolute Gasteiger partial charge is 0.385 e. The molecule has 4 rings (SSSR count). The summed E-state index contributed by atoms with van der Waals surface area (Å²) in [5, 5.41) is 8.14. The highest BCUT2D eigenvalue weighted by Crippen LogP contribution is 2.30. The molecule has 2 aromatic rings. The summed E-state index contributed by atoms with van der Waals surface area (Å²) < 4.78 is 21.3. The SMILES string of the molecule is COCCCN(Cc1c(C)nn(-c2cccc(F)c2)c1N1CCN(C)CC1)C(=O)NC1CCCCC1. The van der Waals surface area contributed by atoms with Crippen molar-refractivity contribution in [2.45, 2.75) is 58.0 Å². The zero-order chi connectivity index (χ0) is 25.5. The van der Waals surface area contributed by atoms with Gasteiger partial charge in [0.25, 0.3) is 0 Å². The summed E-state index contributed by atoms with van der Waals surface area (Å²) >= 11 is 0. The van der Waals surface area contributed by atoms with Crippen molar-refractivity contribution in [3.63, 3.8) is 0 Å². The van der Waals surface area contributed by atoms with Crippen LogP contribution in [0.4, 0.5) is 15.0 Å². The number of benzene rings is 1. The number of hydrogen-bond acceptors (Lipinski definition) is 5. The van der Waals surface area contributed by atoms with E-state index < -0.39 is 0 Å². The Morgan fingerprint density at radius 1 is 1.19 bits per heavy atom. The lowest BCUT2D eigenvalue weighted by atomic mass is 9.96. The summed E-state index contributed by atoms with van der Waals surface area (Å²) in [7, 11) is 3.81. The molecular formula is C27H41FN6O2. The smallest absolute Gasteiger partial charge is 0.317 e. The predicted molar refractivity (Wildman–Crippen MR) is 140 cm³/mol. The summed E-state index contributed by atoms with van der Waals surface area (Å²) in [5.74, 6) is 0.660. The topological polar surface area (TPSA) is 65.9 Å². The second-order valence-corrected chi connectivity index (χ2v) is 10.1. The van der Waals surface area contributed by atoms with Gasteiger partial charge in [0.15, 0.2) is 0 Å². The van der Waals surface area contributed by atoms with Crippen LogP contribution in [-0.4, -0.2) is 85.1 Å². The zero-order valence-electron chi connectivity index (χ0n) is 22.0. The Morgan fingerprint density at radius 2 is 1.94 bits per heavy atom. The molecule has 1 saturated heterocycles. The van der Waals surface area contributed by atoms with Crippen LogP contribution in [0.15, 0.2) is 24.3 Å². The van der Waals surface area contributed by atoms with Crippen LogP contribution in [0, 0.1) is 12.7 Å². The molecule has 2 amide bonds. The molecule has 2 fully saturated rings. The average molecular weight is 501 g/mol. The maximum absolute atomic E-state index is 14.2. The first-order chi connectivity index (χ1) is 17.5. The molecule has 0 unspecified atom stereocenters. The number of urea groups is 1. The van der Waals surface area contributed by atoms with E-state index in [1.165, 1.54) is 31.4 Å². The Morgan fingerprint density at radius 3 is 2.64 bits per heavy atom. The predicted octanol–water partition coefficient (Wildman–Crippen LogP) is 3.95. The van der Waals surface area contributed by atoms with Crippen LogP contribution < -0.4 is 10.2 Å². The molecule has 198 valence electrons. The first kappa shape index (κ1) is 26.4. The molecule has 0 radical (unpaired) electrons. The van der Waals surface area contributed by atoms with E-state index in [9.17, 15) is 9.18 Å². The van der Waals surface area contributed by atoms with E-state index in [4.69, 9.17) is 9.84 Å². The van der Waals surface area contributed by atoms with Gasteiger partial charge in [0, 0.05) is 58.0 Å². The molecule has 1 saturated carbocycles. The molecule has 8 nitrogen and oxygen atoms in total. The summed E-state index contributed by atoms with van der Waals surface area (Å²) in [6.07, 6.45) is 6.43. The van der Waals surface area contributed by atoms with Crippen LogP contribution >= 0.6 is 0 Å². The quantitative estimate of drug-likeness (QED) is 0.528. The summed E-state index contributed by atoms with van der Waals surface area (Å²) in [6, 6.07) is 6.77. The third-order valence-corrected chi connectivity index (χ3v) is 7.36. The third kappa shape index (κ3) is 6.56. The van der Waals surface area contributed by atoms with Gasteiger partial charge in [-0.15, -0.1) is 0 Å². The number of amides is 2. The fourth-order valence-corrected chi connectivity index (χ4v) is 5.22. The first-order valence-electron chi connectivity index (χ1n) is 13.3. The molecule has 9 heteroatoms. The number of nitrogens with zero attached hydrogens (tertiary/aromatic N) is 5. The van der Waals surface area contributed by atoms with Gasteiger partial charge in [-0.25, -0.2) is 13.9 Å². The van der Waals surface area contributed by atoms with Crippen molar-refractivity contribution in [2.75, 3.05) is 58.4 Å². The molecule has 1 aliphatic heterocycles. The van der Waals surface area contributed by atoms with Gasteiger partial charge in [0.1, 0.15) is 11.6 Å². The normalized spacial score (nSPS) is 17.4. The van der Waals surface area contributed by atoms with Crippen molar-refractivity contribution in [1.82, 2.24) is 24.9 Å². The van der Waals surface area contributed by atoms with Gasteiger partial charge in [-0.05, 0) is 51.4 Å². The van der Waals surface area contributed by atoms with Crippen LogP contribution in [-0.2, 0) is 11.3 Å². The Bertz CT molecular complexity index is 998. The van der Waals surface area contributed by atoms with Gasteiger partial charge < -0.3 is 24.8 Å². The number of likely N-dealkylation sites (N-methyl/N-ethyl adjacent to an activating group) is 1. The molecule has 2 aliphatic rings. The number of halogens is 1. The highest BCUT2D eigenvalue weighted by atomic mass is 19.1. The number of aryl methyl sites for hydroxylation is 1. The third-order valence-electron chi connectivity index (χ3n) is 7.36. The molecule has 1 N–H and O–H groups in total.